The fraction of sp³-hybridized carbons (Fsp3) is 0.417. The number of carboxylic acids is 1. The van der Waals surface area contributed by atoms with E-state index in [1.165, 1.54) is 6.92 Å². The highest BCUT2D eigenvalue weighted by molar-refractivity contribution is 5.87. The van der Waals surface area contributed by atoms with Gasteiger partial charge >= 0.3 is 11.9 Å². The molecule has 0 bridgehead atoms. The molecule has 0 fully saturated rings. The molecule has 1 heterocycles. The molecule has 0 aromatic carbocycles. The Labute approximate surface area is 103 Å². The summed E-state index contributed by atoms with van der Waals surface area (Å²) in [7, 11) is 0. The van der Waals surface area contributed by atoms with Gasteiger partial charge in [-0.3, -0.25) is 10.1 Å². The molecule has 1 N–H and O–H groups in total. The molecule has 1 aromatic heterocycles. The molecule has 0 amide bonds. The molecule has 6 heteroatoms. The number of rotatable bonds is 3. The highest BCUT2D eigenvalue weighted by atomic mass is 16.6. The van der Waals surface area contributed by atoms with Gasteiger partial charge in [0.25, 0.3) is 0 Å². The lowest BCUT2D eigenvalue weighted by atomic mass is 9.87. The first-order valence-electron chi connectivity index (χ1n) is 5.70. The third-order valence-corrected chi connectivity index (χ3v) is 3.15. The third kappa shape index (κ3) is 2.01. The molecule has 6 nitrogen and oxygen atoms in total. The first-order chi connectivity index (χ1) is 8.52. The lowest BCUT2D eigenvalue weighted by molar-refractivity contribution is -0.402. The lowest BCUT2D eigenvalue weighted by Crippen LogP contribution is -2.06. The molecule has 1 atom stereocenters. The van der Waals surface area contributed by atoms with Crippen LogP contribution in [0.4, 0.5) is 5.88 Å². The molecule has 0 radical (unpaired) electrons. The number of nitrogens with zero attached hydrogens (tertiary/aromatic N) is 1. The Kier molecular flexibility index (Phi) is 3.18. The smallest absolute Gasteiger partial charge is 0.437 e. The van der Waals surface area contributed by atoms with Crippen LogP contribution in [0, 0.1) is 17.0 Å². The first-order valence-corrected chi connectivity index (χ1v) is 5.70. The van der Waals surface area contributed by atoms with Gasteiger partial charge in [0, 0.05) is 11.5 Å². The summed E-state index contributed by atoms with van der Waals surface area (Å²) in [6.45, 7) is 1.53. The predicted octanol–water partition coefficient (Wildman–Crippen LogP) is 3.02. The Balaban J connectivity index is 2.56. The molecule has 18 heavy (non-hydrogen) atoms. The van der Waals surface area contributed by atoms with E-state index in [2.05, 4.69) is 0 Å². The van der Waals surface area contributed by atoms with Crippen LogP contribution in [-0.4, -0.2) is 16.0 Å². The van der Waals surface area contributed by atoms with Crippen molar-refractivity contribution in [2.75, 3.05) is 0 Å². The Morgan fingerprint density at radius 1 is 1.61 bits per heavy atom. The summed E-state index contributed by atoms with van der Waals surface area (Å²) in [6.07, 6.45) is 6.56. The molecule has 0 aliphatic heterocycles. The standard InChI is InChI=1S/C12H13NO5/c1-7-9(8-5-3-2-4-6-8)10(12(14)15)18-11(7)13(16)17/h3,5,8H,2,4,6H2,1H3,(H,14,15). The van der Waals surface area contributed by atoms with Crippen LogP contribution in [0.15, 0.2) is 16.6 Å². The molecule has 0 saturated carbocycles. The second kappa shape index (κ2) is 4.64. The number of furan rings is 1. The zero-order valence-electron chi connectivity index (χ0n) is 9.88. The van der Waals surface area contributed by atoms with Crippen molar-refractivity contribution in [3.05, 3.63) is 39.2 Å². The first kappa shape index (κ1) is 12.3. The zero-order chi connectivity index (χ0) is 13.3. The minimum atomic E-state index is -1.26. The third-order valence-electron chi connectivity index (χ3n) is 3.15. The Bertz CT molecular complexity index is 529. The second-order valence-corrected chi connectivity index (χ2v) is 4.30. The van der Waals surface area contributed by atoms with Crippen molar-refractivity contribution in [3.63, 3.8) is 0 Å². The van der Waals surface area contributed by atoms with Gasteiger partial charge in [0.2, 0.25) is 5.76 Å². The number of nitro groups is 1. The Morgan fingerprint density at radius 3 is 2.83 bits per heavy atom. The van der Waals surface area contributed by atoms with Crippen molar-refractivity contribution in [1.82, 2.24) is 0 Å². The van der Waals surface area contributed by atoms with Crippen molar-refractivity contribution in [1.29, 1.82) is 0 Å². The highest BCUT2D eigenvalue weighted by Gasteiger charge is 2.32. The van der Waals surface area contributed by atoms with Crippen LogP contribution in [0.2, 0.25) is 0 Å². The largest absolute Gasteiger partial charge is 0.475 e. The Hall–Kier alpha value is -2.11. The molecule has 1 aliphatic carbocycles. The van der Waals surface area contributed by atoms with E-state index < -0.39 is 16.8 Å². The van der Waals surface area contributed by atoms with E-state index in [9.17, 15) is 14.9 Å². The van der Waals surface area contributed by atoms with Crippen LogP contribution < -0.4 is 0 Å². The highest BCUT2D eigenvalue weighted by Crippen LogP contribution is 2.38. The van der Waals surface area contributed by atoms with Crippen molar-refractivity contribution < 1.29 is 19.2 Å². The molecular formula is C12H13NO5. The molecule has 1 aromatic rings. The fourth-order valence-corrected chi connectivity index (χ4v) is 2.35. The summed E-state index contributed by atoms with van der Waals surface area (Å²) in [5, 5.41) is 19.9. The van der Waals surface area contributed by atoms with Crippen LogP contribution in [0.25, 0.3) is 0 Å². The second-order valence-electron chi connectivity index (χ2n) is 4.30. The SMILES string of the molecule is Cc1c([N+](=O)[O-])oc(C(=O)O)c1C1C=CCCC1. The van der Waals surface area contributed by atoms with E-state index in [1.54, 1.807) is 0 Å². The molecule has 96 valence electrons. The van der Waals surface area contributed by atoms with E-state index in [0.717, 1.165) is 19.3 Å². The average Bonchev–Trinajstić information content (AvgIpc) is 2.68. The number of hydrogen-bond acceptors (Lipinski definition) is 4. The van der Waals surface area contributed by atoms with Crippen LogP contribution in [0.1, 0.15) is 46.9 Å². The maximum atomic E-state index is 11.1. The summed E-state index contributed by atoms with van der Waals surface area (Å²) in [4.78, 5) is 21.2. The molecule has 0 saturated heterocycles. The number of allylic oxidation sites excluding steroid dienone is 2. The number of carbonyl (C=O) groups is 1. The Morgan fingerprint density at radius 2 is 2.33 bits per heavy atom. The number of carboxylic acid groups (broad SMARTS) is 1. The van der Waals surface area contributed by atoms with Crippen LogP contribution >= 0.6 is 0 Å². The van der Waals surface area contributed by atoms with Crippen molar-refractivity contribution in [3.8, 4) is 0 Å². The van der Waals surface area contributed by atoms with E-state index >= 15 is 0 Å². The minimum absolute atomic E-state index is 0.109. The van der Waals surface area contributed by atoms with Crippen LogP contribution in [-0.2, 0) is 0 Å². The van der Waals surface area contributed by atoms with Crippen molar-refractivity contribution in [2.24, 2.45) is 0 Å². The van der Waals surface area contributed by atoms with Crippen molar-refractivity contribution in [2.45, 2.75) is 32.1 Å². The molecule has 1 unspecified atom stereocenters. The number of hydrogen-bond donors (Lipinski definition) is 1. The van der Waals surface area contributed by atoms with E-state index in [0.29, 0.717) is 11.1 Å². The van der Waals surface area contributed by atoms with Crippen LogP contribution in [0.5, 0.6) is 0 Å². The van der Waals surface area contributed by atoms with Gasteiger partial charge in [0.05, 0.1) is 5.56 Å². The van der Waals surface area contributed by atoms with Gasteiger partial charge in [0.1, 0.15) is 4.92 Å². The lowest BCUT2D eigenvalue weighted by Gasteiger charge is -2.15. The van der Waals surface area contributed by atoms with E-state index in [4.69, 9.17) is 9.52 Å². The average molecular weight is 251 g/mol. The van der Waals surface area contributed by atoms with Gasteiger partial charge in [0.15, 0.2) is 0 Å². The summed E-state index contributed by atoms with van der Waals surface area (Å²) in [5.74, 6) is -2.15. The van der Waals surface area contributed by atoms with Gasteiger partial charge < -0.3 is 9.52 Å². The summed E-state index contributed by atoms with van der Waals surface area (Å²) in [6, 6.07) is 0. The quantitative estimate of drug-likeness (QED) is 0.506. The monoisotopic (exact) mass is 251 g/mol. The van der Waals surface area contributed by atoms with Gasteiger partial charge in [-0.2, -0.15) is 0 Å². The maximum Gasteiger partial charge on any atom is 0.437 e. The van der Waals surface area contributed by atoms with E-state index in [-0.39, 0.29) is 11.7 Å². The topological polar surface area (TPSA) is 93.6 Å². The van der Waals surface area contributed by atoms with Gasteiger partial charge in [-0.05, 0) is 26.2 Å². The molecular weight excluding hydrogens is 238 g/mol. The minimum Gasteiger partial charge on any atom is -0.475 e. The summed E-state index contributed by atoms with van der Waals surface area (Å²) < 4.78 is 4.89. The molecule has 0 spiro atoms. The summed E-state index contributed by atoms with van der Waals surface area (Å²) in [5.41, 5.74) is 0.749. The number of aromatic carboxylic acids is 1. The zero-order valence-corrected chi connectivity index (χ0v) is 9.88. The van der Waals surface area contributed by atoms with Gasteiger partial charge in [-0.15, -0.1) is 0 Å². The summed E-state index contributed by atoms with van der Waals surface area (Å²) >= 11 is 0. The van der Waals surface area contributed by atoms with Crippen molar-refractivity contribution >= 4 is 11.9 Å². The maximum absolute atomic E-state index is 11.1. The van der Waals surface area contributed by atoms with E-state index in [1.807, 2.05) is 12.2 Å². The van der Waals surface area contributed by atoms with Gasteiger partial charge in [-0.25, -0.2) is 4.79 Å². The normalized spacial score (nSPS) is 18.8. The molecule has 2 rings (SSSR count). The van der Waals surface area contributed by atoms with Gasteiger partial charge in [-0.1, -0.05) is 12.2 Å². The predicted molar refractivity (Wildman–Crippen MR) is 62.8 cm³/mol. The van der Waals surface area contributed by atoms with Crippen LogP contribution in [0.3, 0.4) is 0 Å². The fourth-order valence-electron chi connectivity index (χ4n) is 2.35. The molecule has 1 aliphatic rings.